The highest BCUT2D eigenvalue weighted by Gasteiger charge is 2.58. The molecule has 0 aromatic carbocycles. The van der Waals surface area contributed by atoms with Gasteiger partial charge in [-0.1, -0.05) is 28.1 Å². The molecular formula is C13H12BrNO2. The third-order valence-electron chi connectivity index (χ3n) is 4.13. The first kappa shape index (κ1) is 9.95. The largest absolute Gasteiger partial charge is 0.444 e. The normalized spacial score (nSPS) is 37.9. The molecule has 0 aromatic rings. The SMILES string of the molecule is O=C1C=C2C=CC3CC2(O1)C1=C(Br)CCCN13. The molecule has 2 unspecified atom stereocenters. The number of fused-ring (bicyclic) bond motifs is 3. The number of hydrogen-bond donors (Lipinski definition) is 0. The van der Waals surface area contributed by atoms with Crippen LogP contribution in [0.15, 0.2) is 34.0 Å². The first-order valence-corrected chi connectivity index (χ1v) is 6.79. The van der Waals surface area contributed by atoms with Gasteiger partial charge in [-0.05, 0) is 12.8 Å². The quantitative estimate of drug-likeness (QED) is 0.642. The van der Waals surface area contributed by atoms with E-state index in [9.17, 15) is 4.79 Å². The Morgan fingerprint density at radius 3 is 3.29 bits per heavy atom. The van der Waals surface area contributed by atoms with Crippen LogP contribution in [0.25, 0.3) is 0 Å². The van der Waals surface area contributed by atoms with E-state index >= 15 is 0 Å². The van der Waals surface area contributed by atoms with E-state index in [1.807, 2.05) is 0 Å². The van der Waals surface area contributed by atoms with Crippen molar-refractivity contribution < 1.29 is 9.53 Å². The molecular weight excluding hydrogens is 282 g/mol. The number of allylic oxidation sites excluding steroid dienone is 1. The molecule has 0 N–H and O–H groups in total. The lowest BCUT2D eigenvalue weighted by molar-refractivity contribution is -0.143. The molecule has 0 aromatic heterocycles. The van der Waals surface area contributed by atoms with Gasteiger partial charge in [-0.15, -0.1) is 0 Å². The van der Waals surface area contributed by atoms with E-state index in [-0.39, 0.29) is 5.97 Å². The molecule has 1 saturated heterocycles. The summed E-state index contributed by atoms with van der Waals surface area (Å²) in [5.74, 6) is -0.203. The molecule has 3 aliphatic heterocycles. The van der Waals surface area contributed by atoms with Crippen LogP contribution in [0.4, 0.5) is 0 Å². The maximum absolute atomic E-state index is 11.6. The minimum Gasteiger partial charge on any atom is -0.444 e. The van der Waals surface area contributed by atoms with Crippen LogP contribution in [0.1, 0.15) is 19.3 Å². The summed E-state index contributed by atoms with van der Waals surface area (Å²) in [6.45, 7) is 1.06. The predicted octanol–water partition coefficient (Wildman–Crippen LogP) is 2.25. The second kappa shape index (κ2) is 3.05. The van der Waals surface area contributed by atoms with Crippen molar-refractivity contribution in [1.82, 2.24) is 4.90 Å². The van der Waals surface area contributed by atoms with Crippen molar-refractivity contribution in [2.45, 2.75) is 30.9 Å². The van der Waals surface area contributed by atoms with E-state index in [4.69, 9.17) is 4.74 Å². The predicted molar refractivity (Wildman–Crippen MR) is 66.3 cm³/mol. The van der Waals surface area contributed by atoms with Gasteiger partial charge in [0, 0.05) is 29.1 Å². The molecule has 3 nitrogen and oxygen atoms in total. The maximum Gasteiger partial charge on any atom is 0.332 e. The van der Waals surface area contributed by atoms with Crippen molar-refractivity contribution in [2.24, 2.45) is 0 Å². The summed E-state index contributed by atoms with van der Waals surface area (Å²) in [4.78, 5) is 14.0. The van der Waals surface area contributed by atoms with Gasteiger partial charge in [0.15, 0.2) is 5.60 Å². The van der Waals surface area contributed by atoms with Gasteiger partial charge in [0.05, 0.1) is 11.7 Å². The second-order valence-corrected chi connectivity index (χ2v) is 5.99. The van der Waals surface area contributed by atoms with Gasteiger partial charge in [-0.25, -0.2) is 4.79 Å². The zero-order chi connectivity index (χ0) is 11.6. The van der Waals surface area contributed by atoms with Gasteiger partial charge < -0.3 is 9.64 Å². The molecule has 4 heteroatoms. The molecule has 4 rings (SSSR count). The molecule has 2 atom stereocenters. The highest BCUT2D eigenvalue weighted by atomic mass is 79.9. The van der Waals surface area contributed by atoms with Crippen LogP contribution < -0.4 is 0 Å². The molecule has 3 heterocycles. The zero-order valence-corrected chi connectivity index (χ0v) is 10.9. The lowest BCUT2D eigenvalue weighted by atomic mass is 9.84. The van der Waals surface area contributed by atoms with Crippen LogP contribution in [0, 0.1) is 0 Å². The smallest absolute Gasteiger partial charge is 0.332 e. The number of rotatable bonds is 0. The first-order chi connectivity index (χ1) is 8.21. The van der Waals surface area contributed by atoms with Crippen molar-refractivity contribution in [3.63, 3.8) is 0 Å². The summed E-state index contributed by atoms with van der Waals surface area (Å²) in [6.07, 6.45) is 8.99. The van der Waals surface area contributed by atoms with Crippen molar-refractivity contribution in [2.75, 3.05) is 6.54 Å². The van der Waals surface area contributed by atoms with Gasteiger partial charge in [0.1, 0.15) is 0 Å². The zero-order valence-electron chi connectivity index (χ0n) is 9.28. The first-order valence-electron chi connectivity index (χ1n) is 6.00. The Labute approximate surface area is 108 Å². The van der Waals surface area contributed by atoms with Crippen molar-refractivity contribution in [3.8, 4) is 0 Å². The minimum absolute atomic E-state index is 0.203. The Kier molecular flexibility index (Phi) is 1.78. The van der Waals surface area contributed by atoms with Crippen molar-refractivity contribution in [1.29, 1.82) is 0 Å². The van der Waals surface area contributed by atoms with Crippen molar-refractivity contribution in [3.05, 3.63) is 34.0 Å². The monoisotopic (exact) mass is 293 g/mol. The summed E-state index contributed by atoms with van der Waals surface area (Å²) in [5.41, 5.74) is 1.74. The number of carbonyl (C=O) groups is 1. The average molecular weight is 294 g/mol. The van der Waals surface area contributed by atoms with Crippen LogP contribution in [0.3, 0.4) is 0 Å². The lowest BCUT2D eigenvalue weighted by Gasteiger charge is -2.33. The van der Waals surface area contributed by atoms with Crippen LogP contribution in [0.5, 0.6) is 0 Å². The standard InChI is InChI=1S/C13H12BrNO2/c14-10-2-1-5-15-9-4-3-8-6-11(16)17-13(8,7-9)12(10)15/h3-4,6,9H,1-2,5,7H2. The fourth-order valence-electron chi connectivity index (χ4n) is 3.49. The number of hydrogen-bond acceptors (Lipinski definition) is 3. The summed E-state index contributed by atoms with van der Waals surface area (Å²) >= 11 is 3.67. The number of halogens is 1. The maximum atomic E-state index is 11.6. The number of esters is 1. The lowest BCUT2D eigenvalue weighted by Crippen LogP contribution is -2.35. The number of ether oxygens (including phenoxy) is 1. The van der Waals surface area contributed by atoms with E-state index in [0.29, 0.717) is 6.04 Å². The fourth-order valence-corrected chi connectivity index (χ4v) is 4.32. The van der Waals surface area contributed by atoms with Gasteiger partial charge in [-0.3, -0.25) is 0 Å². The summed E-state index contributed by atoms with van der Waals surface area (Å²) in [7, 11) is 0. The van der Waals surface area contributed by atoms with Crippen LogP contribution >= 0.6 is 15.9 Å². The molecule has 0 amide bonds. The Morgan fingerprint density at radius 1 is 1.53 bits per heavy atom. The average Bonchev–Trinajstić information content (AvgIpc) is 2.76. The van der Waals surface area contributed by atoms with Crippen LogP contribution in [-0.2, 0) is 9.53 Å². The Hall–Kier alpha value is -1.03. The minimum atomic E-state index is -0.476. The molecule has 2 bridgehead atoms. The number of carbonyl (C=O) groups excluding carboxylic acids is 1. The Bertz CT molecular complexity index is 520. The summed E-state index contributed by atoms with van der Waals surface area (Å²) in [5, 5.41) is 0. The highest BCUT2D eigenvalue weighted by molar-refractivity contribution is 9.11. The van der Waals surface area contributed by atoms with Crippen LogP contribution in [-0.4, -0.2) is 29.1 Å². The topological polar surface area (TPSA) is 29.5 Å². The van der Waals surface area contributed by atoms with E-state index in [2.05, 4.69) is 33.0 Å². The van der Waals surface area contributed by atoms with Gasteiger partial charge in [-0.2, -0.15) is 0 Å². The van der Waals surface area contributed by atoms with E-state index in [1.54, 1.807) is 6.08 Å². The summed E-state index contributed by atoms with van der Waals surface area (Å²) in [6, 6.07) is 0.390. The third-order valence-corrected chi connectivity index (χ3v) is 4.90. The molecule has 88 valence electrons. The molecule has 0 saturated carbocycles. The molecule has 0 radical (unpaired) electrons. The van der Waals surface area contributed by atoms with E-state index in [0.717, 1.165) is 31.4 Å². The molecule has 1 fully saturated rings. The van der Waals surface area contributed by atoms with Crippen molar-refractivity contribution >= 4 is 21.9 Å². The molecule has 17 heavy (non-hydrogen) atoms. The highest BCUT2D eigenvalue weighted by Crippen LogP contribution is 2.54. The summed E-state index contributed by atoms with van der Waals surface area (Å²) < 4.78 is 6.88. The third kappa shape index (κ3) is 1.09. The molecule has 4 aliphatic rings. The number of nitrogens with zero attached hydrogens (tertiary/aromatic N) is 1. The van der Waals surface area contributed by atoms with Gasteiger partial charge >= 0.3 is 5.97 Å². The van der Waals surface area contributed by atoms with Gasteiger partial charge in [0.2, 0.25) is 0 Å². The van der Waals surface area contributed by atoms with E-state index < -0.39 is 5.60 Å². The Morgan fingerprint density at radius 2 is 2.41 bits per heavy atom. The van der Waals surface area contributed by atoms with Crippen LogP contribution in [0.2, 0.25) is 0 Å². The van der Waals surface area contributed by atoms with E-state index in [1.165, 1.54) is 10.2 Å². The van der Waals surface area contributed by atoms with Gasteiger partial charge in [0.25, 0.3) is 0 Å². The fraction of sp³-hybridized carbons (Fsp3) is 0.462. The molecule has 1 aliphatic carbocycles. The Balaban J connectivity index is 1.96. The second-order valence-electron chi connectivity index (χ2n) is 5.03. The molecule has 1 spiro atoms.